The van der Waals surface area contributed by atoms with Gasteiger partial charge in [0.05, 0.1) is 6.54 Å². The van der Waals surface area contributed by atoms with Gasteiger partial charge in [0.15, 0.2) is 11.2 Å². The van der Waals surface area contributed by atoms with Crippen LogP contribution >= 0.6 is 0 Å². The van der Waals surface area contributed by atoms with Crippen LogP contribution in [0.15, 0.2) is 33.9 Å². The fourth-order valence-electron chi connectivity index (χ4n) is 3.90. The first-order valence-electron chi connectivity index (χ1n) is 10.1. The molecule has 3 aromatic heterocycles. The average Bonchev–Trinajstić information content (AvgIpc) is 3.20. The maximum atomic E-state index is 13.5. The summed E-state index contributed by atoms with van der Waals surface area (Å²) in [4.78, 5) is 33.3. The topological polar surface area (TPSA) is 69.5 Å². The molecule has 158 valence electrons. The Balaban J connectivity index is 1.97. The van der Waals surface area contributed by atoms with Crippen molar-refractivity contribution in [3.05, 3.63) is 67.6 Å². The van der Waals surface area contributed by atoms with Crippen molar-refractivity contribution in [3.63, 3.8) is 0 Å². The minimum atomic E-state index is -0.358. The molecule has 0 unspecified atom stereocenters. The Hall–Kier alpha value is -3.13. The third kappa shape index (κ3) is 3.08. The summed E-state index contributed by atoms with van der Waals surface area (Å²) in [7, 11) is 5.73. The maximum absolute atomic E-state index is 13.5. The van der Waals surface area contributed by atoms with Gasteiger partial charge in [-0.15, -0.1) is 0 Å². The Morgan fingerprint density at radius 1 is 0.967 bits per heavy atom. The van der Waals surface area contributed by atoms with Crippen LogP contribution < -0.4 is 11.2 Å². The fraction of sp³-hybridized carbons (Fsp3) is 0.409. The van der Waals surface area contributed by atoms with Gasteiger partial charge in [-0.25, -0.2) is 4.79 Å². The quantitative estimate of drug-likeness (QED) is 0.504. The molecule has 4 rings (SSSR count). The Kier molecular flexibility index (Phi) is 4.89. The summed E-state index contributed by atoms with van der Waals surface area (Å²) in [5, 5.41) is 0. The number of hydrogen-bond acceptors (Lipinski definition) is 4. The number of hydrogen-bond donors (Lipinski definition) is 0. The van der Waals surface area contributed by atoms with Crippen molar-refractivity contribution in [1.82, 2.24) is 28.0 Å². The van der Waals surface area contributed by atoms with Crippen molar-refractivity contribution in [2.24, 2.45) is 7.05 Å². The van der Waals surface area contributed by atoms with Crippen molar-refractivity contribution in [1.29, 1.82) is 0 Å². The summed E-state index contributed by atoms with van der Waals surface area (Å²) in [6.45, 7) is 7.88. The molecule has 0 aliphatic carbocycles. The number of benzene rings is 1. The summed E-state index contributed by atoms with van der Waals surface area (Å²) < 4.78 is 6.79. The van der Waals surface area contributed by atoms with E-state index in [2.05, 4.69) is 9.47 Å². The number of nitrogens with zero attached hydrogens (tertiary/aromatic N) is 6. The Labute approximate surface area is 174 Å². The van der Waals surface area contributed by atoms with Gasteiger partial charge in [-0.3, -0.25) is 18.3 Å². The second-order valence-electron chi connectivity index (χ2n) is 8.26. The molecular weight excluding hydrogens is 380 g/mol. The summed E-state index contributed by atoms with van der Waals surface area (Å²) in [6, 6.07) is 7.87. The molecule has 1 aromatic carbocycles. The Morgan fingerprint density at radius 2 is 1.63 bits per heavy atom. The van der Waals surface area contributed by atoms with Crippen molar-refractivity contribution >= 4 is 16.9 Å². The predicted octanol–water partition coefficient (Wildman–Crippen LogP) is 1.68. The molecule has 0 fully saturated rings. The minimum absolute atomic E-state index is 0.230. The highest BCUT2D eigenvalue weighted by molar-refractivity contribution is 5.76. The van der Waals surface area contributed by atoms with Crippen LogP contribution in [0.25, 0.3) is 16.9 Å². The van der Waals surface area contributed by atoms with Crippen molar-refractivity contribution < 1.29 is 0 Å². The van der Waals surface area contributed by atoms with E-state index in [1.807, 2.05) is 63.5 Å². The molecule has 4 aromatic rings. The lowest BCUT2D eigenvalue weighted by Gasteiger charge is -2.11. The molecule has 0 aliphatic heterocycles. The SMILES string of the molecule is Cc1ccc(Cn2c(=O)c3c(nc4n(CCN(C)C)c(C)c(C)n34)n(C)c2=O)cc1. The summed E-state index contributed by atoms with van der Waals surface area (Å²) in [6.07, 6.45) is 0. The van der Waals surface area contributed by atoms with E-state index in [1.54, 1.807) is 7.05 Å². The smallest absolute Gasteiger partial charge is 0.313 e. The number of imidazole rings is 2. The number of aromatic nitrogens is 5. The molecule has 0 saturated heterocycles. The highest BCUT2D eigenvalue weighted by Crippen LogP contribution is 2.20. The predicted molar refractivity (Wildman–Crippen MR) is 118 cm³/mol. The minimum Gasteiger partial charge on any atom is -0.313 e. The molecule has 3 heterocycles. The molecule has 0 saturated carbocycles. The van der Waals surface area contributed by atoms with Gasteiger partial charge in [-0.2, -0.15) is 4.98 Å². The van der Waals surface area contributed by atoms with E-state index in [0.29, 0.717) is 16.9 Å². The highest BCUT2D eigenvalue weighted by atomic mass is 16.2. The zero-order valence-electron chi connectivity index (χ0n) is 18.4. The second-order valence-corrected chi connectivity index (χ2v) is 8.26. The van der Waals surface area contributed by atoms with E-state index < -0.39 is 0 Å². The monoisotopic (exact) mass is 408 g/mol. The third-order valence-corrected chi connectivity index (χ3v) is 5.86. The van der Waals surface area contributed by atoms with Gasteiger partial charge in [0.2, 0.25) is 5.78 Å². The number of fused-ring (bicyclic) bond motifs is 3. The molecule has 0 amide bonds. The highest BCUT2D eigenvalue weighted by Gasteiger charge is 2.22. The Morgan fingerprint density at radius 3 is 2.27 bits per heavy atom. The standard InChI is InChI=1S/C22H28N6O2/c1-14-7-9-17(10-8-14)13-27-20(29)18-19(25(6)22(27)30)23-21-26(12-11-24(4)5)15(2)16(3)28(18)21/h7-10H,11-13H2,1-6H3. The number of aryl methyl sites for hydroxylation is 3. The molecule has 0 radical (unpaired) electrons. The van der Waals surface area contributed by atoms with Crippen LogP contribution in [0.2, 0.25) is 0 Å². The van der Waals surface area contributed by atoms with Crippen LogP contribution in [0.3, 0.4) is 0 Å². The van der Waals surface area contributed by atoms with Crippen LogP contribution in [-0.4, -0.2) is 48.6 Å². The lowest BCUT2D eigenvalue weighted by molar-refractivity contribution is 0.384. The first-order valence-corrected chi connectivity index (χ1v) is 10.1. The van der Waals surface area contributed by atoms with Crippen molar-refractivity contribution in [2.45, 2.75) is 33.9 Å². The summed E-state index contributed by atoms with van der Waals surface area (Å²) in [5.41, 5.74) is 4.28. The van der Waals surface area contributed by atoms with Gasteiger partial charge in [0.1, 0.15) is 0 Å². The molecule has 8 nitrogen and oxygen atoms in total. The molecule has 0 atom stereocenters. The van der Waals surface area contributed by atoms with E-state index in [9.17, 15) is 9.59 Å². The molecule has 30 heavy (non-hydrogen) atoms. The van der Waals surface area contributed by atoms with Crippen LogP contribution in [0.5, 0.6) is 0 Å². The van der Waals surface area contributed by atoms with Crippen LogP contribution in [0, 0.1) is 20.8 Å². The van der Waals surface area contributed by atoms with E-state index in [-0.39, 0.29) is 17.8 Å². The zero-order chi connectivity index (χ0) is 21.7. The van der Waals surface area contributed by atoms with Crippen LogP contribution in [0.1, 0.15) is 22.5 Å². The summed E-state index contributed by atoms with van der Waals surface area (Å²) >= 11 is 0. The fourth-order valence-corrected chi connectivity index (χ4v) is 3.90. The molecule has 0 N–H and O–H groups in total. The van der Waals surface area contributed by atoms with E-state index >= 15 is 0 Å². The molecule has 0 bridgehead atoms. The molecular formula is C22H28N6O2. The Bertz CT molecular complexity index is 1370. The largest absolute Gasteiger partial charge is 0.332 e. The van der Waals surface area contributed by atoms with Gasteiger partial charge in [0, 0.05) is 31.5 Å². The third-order valence-electron chi connectivity index (χ3n) is 5.86. The average molecular weight is 409 g/mol. The molecule has 8 heteroatoms. The van der Waals surface area contributed by atoms with Gasteiger partial charge in [-0.1, -0.05) is 29.8 Å². The van der Waals surface area contributed by atoms with E-state index in [0.717, 1.165) is 35.6 Å². The normalized spacial score (nSPS) is 12.0. The maximum Gasteiger partial charge on any atom is 0.332 e. The van der Waals surface area contributed by atoms with E-state index in [4.69, 9.17) is 4.98 Å². The van der Waals surface area contributed by atoms with Gasteiger partial charge in [-0.05, 0) is 40.4 Å². The van der Waals surface area contributed by atoms with Gasteiger partial charge < -0.3 is 9.47 Å². The first kappa shape index (κ1) is 20.2. The molecule has 0 spiro atoms. The zero-order valence-corrected chi connectivity index (χ0v) is 18.4. The lowest BCUT2D eigenvalue weighted by Crippen LogP contribution is -2.39. The number of likely N-dealkylation sites (N-methyl/N-ethyl adjacent to an activating group) is 1. The van der Waals surface area contributed by atoms with Gasteiger partial charge in [0.25, 0.3) is 5.56 Å². The lowest BCUT2D eigenvalue weighted by atomic mass is 10.1. The van der Waals surface area contributed by atoms with Crippen molar-refractivity contribution in [2.75, 3.05) is 20.6 Å². The summed E-state index contributed by atoms with van der Waals surface area (Å²) in [5.74, 6) is 0.696. The second kappa shape index (κ2) is 7.28. The van der Waals surface area contributed by atoms with Gasteiger partial charge >= 0.3 is 5.69 Å². The molecule has 0 aliphatic rings. The first-order chi connectivity index (χ1) is 14.2. The van der Waals surface area contributed by atoms with Crippen LogP contribution in [-0.2, 0) is 20.1 Å². The van der Waals surface area contributed by atoms with E-state index in [1.165, 1.54) is 9.13 Å². The van der Waals surface area contributed by atoms with Crippen LogP contribution in [0.4, 0.5) is 0 Å². The number of rotatable bonds is 5. The van der Waals surface area contributed by atoms with Crippen molar-refractivity contribution in [3.8, 4) is 0 Å².